The van der Waals surface area contributed by atoms with Crippen molar-refractivity contribution in [1.29, 1.82) is 0 Å². The van der Waals surface area contributed by atoms with E-state index in [9.17, 15) is 0 Å². The van der Waals surface area contributed by atoms with Gasteiger partial charge in [0.25, 0.3) is 0 Å². The van der Waals surface area contributed by atoms with Gasteiger partial charge in [0.2, 0.25) is 0 Å². The predicted molar refractivity (Wildman–Crippen MR) is 25.3 cm³/mol. The molecule has 0 aliphatic rings. The molecule has 0 unspecified atom stereocenters. The quantitative estimate of drug-likeness (QED) is 0.638. The summed E-state index contributed by atoms with van der Waals surface area (Å²) in [6.07, 6.45) is 1.91. The van der Waals surface area contributed by atoms with Gasteiger partial charge in [-0.25, -0.2) is 0 Å². The van der Waals surface area contributed by atoms with Crippen molar-refractivity contribution in [3.05, 3.63) is 12.7 Å². The van der Waals surface area contributed by atoms with Crippen molar-refractivity contribution < 1.29 is 38.3 Å². The molecule has 0 radical (unpaired) electrons. The zero-order valence-corrected chi connectivity index (χ0v) is 7.14. The molecule has 0 N–H and O–H groups in total. The first-order valence-corrected chi connectivity index (χ1v) is 2.96. The van der Waals surface area contributed by atoms with E-state index < -0.39 is 0 Å². The number of hydrogen-bond donors (Lipinski definition) is 0. The summed E-state index contributed by atoms with van der Waals surface area (Å²) in [6.45, 7) is 3.50. The molecule has 0 saturated heterocycles. The predicted octanol–water partition coefficient (Wildman–Crippen LogP) is 1.72. The number of hydrogen-bond acceptors (Lipinski definition) is 0. The van der Waals surface area contributed by atoms with Crippen LogP contribution in [0.2, 0.25) is 2.14 Å². The van der Waals surface area contributed by atoms with Crippen LogP contribution >= 0.6 is 17.0 Å². The standard InChI is InChI=1S/C3H5.BrH.Sm/c1-3-2;;/h3H,1-2H2;1H;. The molecular weight excluding hydrogens is 266 g/mol. The van der Waals surface area contributed by atoms with Gasteiger partial charge < -0.3 is 0 Å². The van der Waals surface area contributed by atoms with E-state index in [0.29, 0.717) is 0 Å². The molecule has 0 rings (SSSR count). The Hall–Kier alpha value is 1.56. The summed E-state index contributed by atoms with van der Waals surface area (Å²) in [5.41, 5.74) is 0. The van der Waals surface area contributed by atoms with Crippen LogP contribution in [0, 0.1) is 38.3 Å². The third-order valence-corrected chi connectivity index (χ3v) is 0.874. The fraction of sp³-hybridized carbons (Fsp3) is 0.333. The van der Waals surface area contributed by atoms with E-state index >= 15 is 0 Å². The van der Waals surface area contributed by atoms with Gasteiger partial charge in [-0.3, -0.25) is 0 Å². The molecule has 2 heteroatoms. The summed E-state index contributed by atoms with van der Waals surface area (Å²) in [7, 11) is 0. The van der Waals surface area contributed by atoms with Gasteiger partial charge in [-0.15, -0.1) is 17.0 Å². The summed E-state index contributed by atoms with van der Waals surface area (Å²) in [5, 5.41) is 0. The van der Waals surface area contributed by atoms with E-state index in [4.69, 9.17) is 0 Å². The minimum absolute atomic E-state index is 0. The molecule has 0 nitrogen and oxygen atoms in total. The van der Waals surface area contributed by atoms with Gasteiger partial charge in [0, 0.05) is 0 Å². The van der Waals surface area contributed by atoms with Crippen molar-refractivity contribution in [3.8, 4) is 0 Å². The van der Waals surface area contributed by atoms with Gasteiger partial charge in [0.15, 0.2) is 0 Å². The number of rotatable bonds is 1. The Morgan fingerprint density at radius 3 is 2.00 bits per heavy atom. The van der Waals surface area contributed by atoms with Gasteiger partial charge in [-0.2, -0.15) is 0 Å². The summed E-state index contributed by atoms with van der Waals surface area (Å²) >= 11 is 1.59. The molecule has 31 valence electrons. The summed E-state index contributed by atoms with van der Waals surface area (Å²) < 4.78 is 1.17. The maximum atomic E-state index is 3.50. The second-order valence-electron chi connectivity index (χ2n) is 0.455. The van der Waals surface area contributed by atoms with Crippen molar-refractivity contribution in [2.45, 2.75) is 2.14 Å². The van der Waals surface area contributed by atoms with Gasteiger partial charge in [0.1, 0.15) is 0 Å². The minimum atomic E-state index is 0. The first-order valence-electron chi connectivity index (χ1n) is 1.11. The Morgan fingerprint density at radius 1 is 1.80 bits per heavy atom. The van der Waals surface area contributed by atoms with E-state index in [2.05, 4.69) is 6.58 Å². The van der Waals surface area contributed by atoms with Gasteiger partial charge >= 0.3 is 53.1 Å². The SMILES string of the molecule is Br.C=C[CH2][Sm]. The van der Waals surface area contributed by atoms with Crippen LogP contribution in [0.1, 0.15) is 0 Å². The van der Waals surface area contributed by atoms with Crippen molar-refractivity contribution >= 4 is 17.0 Å². The molecule has 0 aromatic carbocycles. The Labute approximate surface area is 69.1 Å². The fourth-order valence-corrected chi connectivity index (χ4v) is 0. The van der Waals surface area contributed by atoms with Crippen LogP contribution < -0.4 is 0 Å². The fourth-order valence-electron chi connectivity index (χ4n) is 0. The summed E-state index contributed by atoms with van der Waals surface area (Å²) in [6, 6.07) is 0. The second kappa shape index (κ2) is 9.12. The van der Waals surface area contributed by atoms with E-state index in [1.165, 1.54) is 2.14 Å². The Bertz CT molecular complexity index is 20.9. The van der Waals surface area contributed by atoms with Crippen molar-refractivity contribution in [3.63, 3.8) is 0 Å². The molecule has 0 amide bonds. The van der Waals surface area contributed by atoms with Crippen molar-refractivity contribution in [2.24, 2.45) is 0 Å². The normalized spacial score (nSPS) is 4.80. The van der Waals surface area contributed by atoms with Gasteiger partial charge in [-0.05, 0) is 0 Å². The molecule has 5 heavy (non-hydrogen) atoms. The van der Waals surface area contributed by atoms with E-state index in [1.807, 2.05) is 6.08 Å². The van der Waals surface area contributed by atoms with Crippen molar-refractivity contribution in [2.75, 3.05) is 0 Å². The van der Waals surface area contributed by atoms with Crippen LogP contribution in [0.25, 0.3) is 0 Å². The molecule has 0 spiro atoms. The van der Waals surface area contributed by atoms with E-state index in [-0.39, 0.29) is 17.0 Å². The number of allylic oxidation sites excluding steroid dienone is 1. The Morgan fingerprint density at radius 2 is 2.00 bits per heavy atom. The van der Waals surface area contributed by atoms with Crippen molar-refractivity contribution in [1.82, 2.24) is 0 Å². The first kappa shape index (κ1) is 9.75. The van der Waals surface area contributed by atoms with Gasteiger partial charge in [0.05, 0.1) is 0 Å². The number of halogens is 1. The molecule has 0 aliphatic carbocycles. The average Bonchev–Trinajstić information content (AvgIpc) is 1.37. The van der Waals surface area contributed by atoms with Crippen LogP contribution in [-0.2, 0) is 0 Å². The second-order valence-corrected chi connectivity index (χ2v) is 1.52. The molecule has 0 aromatic heterocycles. The zero-order valence-electron chi connectivity index (χ0n) is 2.81. The molecule has 0 fully saturated rings. The van der Waals surface area contributed by atoms with Crippen LogP contribution in [0.4, 0.5) is 0 Å². The molecule has 0 saturated carbocycles. The zero-order chi connectivity index (χ0) is 3.41. The topological polar surface area (TPSA) is 0 Å². The molecular formula is C3H6BrSm. The monoisotopic (exact) mass is 273 g/mol. The molecule has 0 aliphatic heterocycles. The summed E-state index contributed by atoms with van der Waals surface area (Å²) in [5.74, 6) is 0. The van der Waals surface area contributed by atoms with Gasteiger partial charge in [-0.1, -0.05) is 0 Å². The van der Waals surface area contributed by atoms with Crippen LogP contribution in [0.5, 0.6) is 0 Å². The molecule has 0 heterocycles. The first-order chi connectivity index (χ1) is 1.91. The van der Waals surface area contributed by atoms with E-state index in [0.717, 1.165) is 0 Å². The van der Waals surface area contributed by atoms with Crippen LogP contribution in [-0.4, -0.2) is 0 Å². The van der Waals surface area contributed by atoms with E-state index in [1.54, 1.807) is 38.3 Å². The Balaban J connectivity index is 0. The molecule has 0 aromatic rings. The van der Waals surface area contributed by atoms with Crippen LogP contribution in [0.3, 0.4) is 0 Å². The molecule has 0 atom stereocenters. The average molecular weight is 272 g/mol. The summed E-state index contributed by atoms with van der Waals surface area (Å²) in [4.78, 5) is 0. The van der Waals surface area contributed by atoms with Crippen LogP contribution in [0.15, 0.2) is 12.7 Å². The molecule has 0 bridgehead atoms. The third kappa shape index (κ3) is 10.8. The third-order valence-electron chi connectivity index (χ3n) is 0.118. The Kier molecular flexibility index (Phi) is 17.8. The maximum absolute atomic E-state index is 3.50.